The van der Waals surface area contributed by atoms with Gasteiger partial charge in [-0.05, 0) is 24.6 Å². The van der Waals surface area contributed by atoms with Crippen LogP contribution in [0.15, 0.2) is 27.7 Å². The lowest BCUT2D eigenvalue weighted by Gasteiger charge is -2.03. The topological polar surface area (TPSA) is 120 Å². The summed E-state index contributed by atoms with van der Waals surface area (Å²) in [5.41, 5.74) is 12.3. The van der Waals surface area contributed by atoms with Crippen molar-refractivity contribution in [2.75, 3.05) is 0 Å². The van der Waals surface area contributed by atoms with Gasteiger partial charge in [-0.2, -0.15) is 9.98 Å². The average Bonchev–Trinajstić information content (AvgIpc) is 2.87. The molecule has 1 heterocycles. The minimum absolute atomic E-state index is 0.162. The molecule has 0 saturated carbocycles. The van der Waals surface area contributed by atoms with Crippen LogP contribution in [0.1, 0.15) is 41.6 Å². The Kier molecular flexibility index (Phi) is 4.02. The molecule has 0 spiro atoms. The van der Waals surface area contributed by atoms with Gasteiger partial charge in [-0.1, -0.05) is 25.1 Å². The third kappa shape index (κ3) is 3.25. The number of carbonyl (C=O) groups excluding carboxylic acids is 1. The average molecular weight is 287 g/mol. The highest BCUT2D eigenvalue weighted by Gasteiger charge is 2.14. The molecule has 110 valence electrons. The molecule has 4 N–H and O–H groups in total. The Labute approximate surface area is 122 Å². The maximum absolute atomic E-state index is 11.8. The molecule has 1 aromatic carbocycles. The van der Waals surface area contributed by atoms with E-state index in [0.29, 0.717) is 17.3 Å². The number of amides is 1. The summed E-state index contributed by atoms with van der Waals surface area (Å²) in [4.78, 5) is 19.7. The Bertz CT molecular complexity index is 699. The zero-order chi connectivity index (χ0) is 15.6. The predicted molar refractivity (Wildman–Crippen MR) is 78.7 cm³/mol. The number of guanidine groups is 1. The molecule has 0 atom stereocenters. The quantitative estimate of drug-likeness (QED) is 0.653. The van der Waals surface area contributed by atoms with Crippen LogP contribution in [0, 0.1) is 6.92 Å². The summed E-state index contributed by atoms with van der Waals surface area (Å²) >= 11 is 0. The number of hydrogen-bond donors (Lipinski definition) is 2. The summed E-state index contributed by atoms with van der Waals surface area (Å²) in [6, 6.07) is 5.17. The van der Waals surface area contributed by atoms with Gasteiger partial charge < -0.3 is 16.0 Å². The molecular formula is C14H17N5O2. The Morgan fingerprint density at radius 1 is 1.33 bits per heavy atom. The van der Waals surface area contributed by atoms with E-state index in [0.717, 1.165) is 11.1 Å². The van der Waals surface area contributed by atoms with Crippen molar-refractivity contribution in [2.45, 2.75) is 26.7 Å². The molecule has 0 aliphatic carbocycles. The van der Waals surface area contributed by atoms with Crippen molar-refractivity contribution in [3.63, 3.8) is 0 Å². The van der Waals surface area contributed by atoms with Crippen molar-refractivity contribution < 1.29 is 9.32 Å². The van der Waals surface area contributed by atoms with Crippen molar-refractivity contribution in [1.29, 1.82) is 0 Å². The minimum atomic E-state index is -0.477. The molecule has 0 fully saturated rings. The van der Waals surface area contributed by atoms with Crippen LogP contribution in [-0.2, 0) is 0 Å². The number of nitrogens with two attached hydrogens (primary N) is 2. The van der Waals surface area contributed by atoms with E-state index >= 15 is 0 Å². The van der Waals surface area contributed by atoms with E-state index in [4.69, 9.17) is 16.0 Å². The summed E-state index contributed by atoms with van der Waals surface area (Å²) in [5.74, 6) is 0.485. The minimum Gasteiger partial charge on any atom is -0.370 e. The van der Waals surface area contributed by atoms with Gasteiger partial charge in [0.2, 0.25) is 11.7 Å². The Hall–Kier alpha value is -2.70. The van der Waals surface area contributed by atoms with Gasteiger partial charge >= 0.3 is 0 Å². The van der Waals surface area contributed by atoms with Crippen LogP contribution in [-0.4, -0.2) is 22.0 Å². The van der Waals surface area contributed by atoms with E-state index in [-0.39, 0.29) is 11.9 Å². The van der Waals surface area contributed by atoms with Crippen LogP contribution in [0.4, 0.5) is 0 Å². The molecule has 21 heavy (non-hydrogen) atoms. The molecule has 7 nitrogen and oxygen atoms in total. The van der Waals surface area contributed by atoms with E-state index in [2.05, 4.69) is 15.1 Å². The normalized spacial score (nSPS) is 10.7. The lowest BCUT2D eigenvalue weighted by atomic mass is 10.0. The first-order valence-corrected chi connectivity index (χ1v) is 6.47. The lowest BCUT2D eigenvalue weighted by Crippen LogP contribution is -2.24. The Morgan fingerprint density at radius 2 is 2.05 bits per heavy atom. The van der Waals surface area contributed by atoms with E-state index in [9.17, 15) is 4.79 Å². The molecule has 1 amide bonds. The van der Waals surface area contributed by atoms with Gasteiger partial charge in [-0.15, -0.1) is 0 Å². The van der Waals surface area contributed by atoms with Crippen molar-refractivity contribution in [3.05, 3.63) is 35.2 Å². The highest BCUT2D eigenvalue weighted by atomic mass is 16.5. The molecule has 0 saturated heterocycles. The van der Waals surface area contributed by atoms with Gasteiger partial charge in [-0.25, -0.2) is 0 Å². The summed E-state index contributed by atoms with van der Waals surface area (Å²) in [5, 5.41) is 3.93. The SMILES string of the molecule is Cc1cc(-c2noc(C(C)C)n2)ccc1C(=O)N=C(N)N. The van der Waals surface area contributed by atoms with Crippen molar-refractivity contribution in [1.82, 2.24) is 10.1 Å². The molecule has 0 aliphatic heterocycles. The highest BCUT2D eigenvalue weighted by Crippen LogP contribution is 2.22. The van der Waals surface area contributed by atoms with Crippen LogP contribution in [0.3, 0.4) is 0 Å². The molecular weight excluding hydrogens is 270 g/mol. The van der Waals surface area contributed by atoms with Gasteiger partial charge in [0.1, 0.15) is 0 Å². The molecule has 2 aromatic rings. The zero-order valence-corrected chi connectivity index (χ0v) is 12.1. The highest BCUT2D eigenvalue weighted by molar-refractivity contribution is 6.03. The van der Waals surface area contributed by atoms with Crippen LogP contribution < -0.4 is 11.5 Å². The first kappa shape index (κ1) is 14.7. The lowest BCUT2D eigenvalue weighted by molar-refractivity contribution is 0.100. The largest absolute Gasteiger partial charge is 0.370 e. The van der Waals surface area contributed by atoms with Crippen LogP contribution >= 0.6 is 0 Å². The monoisotopic (exact) mass is 287 g/mol. The predicted octanol–water partition coefficient (Wildman–Crippen LogP) is 1.58. The number of aryl methyl sites for hydroxylation is 1. The number of aromatic nitrogens is 2. The fraction of sp³-hybridized carbons (Fsp3) is 0.286. The first-order valence-electron chi connectivity index (χ1n) is 6.47. The third-order valence-corrected chi connectivity index (χ3v) is 2.88. The summed E-state index contributed by atoms with van der Waals surface area (Å²) in [6.07, 6.45) is 0. The van der Waals surface area contributed by atoms with Crippen molar-refractivity contribution in [3.8, 4) is 11.4 Å². The Balaban J connectivity index is 2.34. The van der Waals surface area contributed by atoms with Gasteiger partial charge in [0.15, 0.2) is 5.96 Å². The molecule has 7 heteroatoms. The summed E-state index contributed by atoms with van der Waals surface area (Å²) in [7, 11) is 0. The molecule has 0 unspecified atom stereocenters. The van der Waals surface area contributed by atoms with Gasteiger partial charge in [0.25, 0.3) is 5.91 Å². The van der Waals surface area contributed by atoms with E-state index in [1.54, 1.807) is 25.1 Å². The van der Waals surface area contributed by atoms with Crippen LogP contribution in [0.2, 0.25) is 0 Å². The second kappa shape index (κ2) is 5.74. The second-order valence-corrected chi connectivity index (χ2v) is 4.98. The van der Waals surface area contributed by atoms with E-state index < -0.39 is 5.91 Å². The molecule has 0 bridgehead atoms. The number of hydrogen-bond acceptors (Lipinski definition) is 4. The fourth-order valence-corrected chi connectivity index (χ4v) is 1.81. The van der Waals surface area contributed by atoms with Crippen LogP contribution in [0.5, 0.6) is 0 Å². The number of rotatable bonds is 3. The number of aliphatic imine (C=N–C) groups is 1. The van der Waals surface area contributed by atoms with Gasteiger partial charge in [-0.3, -0.25) is 4.79 Å². The van der Waals surface area contributed by atoms with E-state index in [1.807, 2.05) is 13.8 Å². The number of carbonyl (C=O) groups is 1. The van der Waals surface area contributed by atoms with Gasteiger partial charge in [0.05, 0.1) is 0 Å². The number of nitrogens with zero attached hydrogens (tertiary/aromatic N) is 3. The Morgan fingerprint density at radius 3 is 2.57 bits per heavy atom. The second-order valence-electron chi connectivity index (χ2n) is 4.98. The maximum atomic E-state index is 11.8. The third-order valence-electron chi connectivity index (χ3n) is 2.88. The fourth-order valence-electron chi connectivity index (χ4n) is 1.81. The zero-order valence-electron chi connectivity index (χ0n) is 12.1. The molecule has 1 aromatic heterocycles. The molecule has 0 aliphatic rings. The summed E-state index contributed by atoms with van der Waals surface area (Å²) < 4.78 is 5.17. The molecule has 0 radical (unpaired) electrons. The smallest absolute Gasteiger partial charge is 0.280 e. The van der Waals surface area contributed by atoms with Gasteiger partial charge in [0, 0.05) is 17.0 Å². The molecule has 2 rings (SSSR count). The maximum Gasteiger partial charge on any atom is 0.280 e. The summed E-state index contributed by atoms with van der Waals surface area (Å²) in [6.45, 7) is 5.74. The van der Waals surface area contributed by atoms with Crippen molar-refractivity contribution >= 4 is 11.9 Å². The first-order chi connectivity index (χ1) is 9.88. The van der Waals surface area contributed by atoms with Crippen LogP contribution in [0.25, 0.3) is 11.4 Å². The van der Waals surface area contributed by atoms with E-state index in [1.165, 1.54) is 0 Å². The van der Waals surface area contributed by atoms with Crippen molar-refractivity contribution in [2.24, 2.45) is 16.5 Å². The number of benzene rings is 1. The standard InChI is InChI=1S/C14H17N5O2/c1-7(2)13-17-11(19-21-13)9-4-5-10(8(3)6-9)12(20)18-14(15)16/h4-7H,1-3H3,(H4,15,16,18,20).